The van der Waals surface area contributed by atoms with Crippen molar-refractivity contribution in [2.24, 2.45) is 0 Å². The average Bonchev–Trinajstić information content (AvgIpc) is 2.61. The van der Waals surface area contributed by atoms with Crippen molar-refractivity contribution in [3.63, 3.8) is 0 Å². The van der Waals surface area contributed by atoms with Gasteiger partial charge >= 0.3 is 0 Å². The molecule has 2 heterocycles. The first-order chi connectivity index (χ1) is 6.81. The molecule has 14 heavy (non-hydrogen) atoms. The van der Waals surface area contributed by atoms with E-state index < -0.39 is 0 Å². The molecule has 1 saturated heterocycles. The largest absolute Gasteiger partial charge is 0.394 e. The average molecular weight is 194 g/mol. The molecule has 2 rings (SSSR count). The summed E-state index contributed by atoms with van der Waals surface area (Å²) in [7, 11) is 1.99. The zero-order chi connectivity index (χ0) is 9.97. The van der Waals surface area contributed by atoms with E-state index in [1.54, 1.807) is 12.4 Å². The molecule has 0 radical (unpaired) electrons. The highest BCUT2D eigenvalue weighted by atomic mass is 16.5. The number of nitrogens with zero attached hydrogens (tertiary/aromatic N) is 2. The molecule has 4 heteroatoms. The van der Waals surface area contributed by atoms with Crippen LogP contribution < -0.4 is 0 Å². The first-order valence-electron chi connectivity index (χ1n) is 4.67. The minimum atomic E-state index is -0.0711. The Kier molecular flexibility index (Phi) is 2.77. The number of pyridine rings is 1. The van der Waals surface area contributed by atoms with Crippen molar-refractivity contribution in [2.45, 2.75) is 12.3 Å². The van der Waals surface area contributed by atoms with E-state index in [0.717, 1.165) is 12.1 Å². The van der Waals surface area contributed by atoms with Crippen LogP contribution in [0, 0.1) is 0 Å². The van der Waals surface area contributed by atoms with Gasteiger partial charge in [0, 0.05) is 18.9 Å². The maximum absolute atomic E-state index is 8.98. The topological polar surface area (TPSA) is 45.6 Å². The van der Waals surface area contributed by atoms with Crippen LogP contribution in [0.2, 0.25) is 0 Å². The molecule has 1 fully saturated rings. The molecule has 0 saturated carbocycles. The van der Waals surface area contributed by atoms with Crippen LogP contribution in [-0.4, -0.2) is 41.3 Å². The molecule has 0 amide bonds. The van der Waals surface area contributed by atoms with Crippen LogP contribution in [-0.2, 0) is 4.74 Å². The Hall–Kier alpha value is -0.970. The first-order valence-corrected chi connectivity index (χ1v) is 4.67. The van der Waals surface area contributed by atoms with Crippen LogP contribution in [0.15, 0.2) is 24.5 Å². The second-order valence-corrected chi connectivity index (χ2v) is 3.51. The third-order valence-electron chi connectivity index (χ3n) is 2.41. The van der Waals surface area contributed by atoms with Crippen LogP contribution >= 0.6 is 0 Å². The van der Waals surface area contributed by atoms with Gasteiger partial charge in [-0.15, -0.1) is 0 Å². The zero-order valence-electron chi connectivity index (χ0n) is 8.13. The van der Waals surface area contributed by atoms with Crippen molar-refractivity contribution >= 4 is 0 Å². The zero-order valence-corrected chi connectivity index (χ0v) is 8.13. The lowest BCUT2D eigenvalue weighted by molar-refractivity contribution is -0.0139. The summed E-state index contributed by atoms with van der Waals surface area (Å²) in [6.07, 6.45) is 3.38. The second-order valence-electron chi connectivity index (χ2n) is 3.51. The molecule has 0 bridgehead atoms. The van der Waals surface area contributed by atoms with E-state index in [2.05, 4.69) is 9.88 Å². The van der Waals surface area contributed by atoms with E-state index in [1.165, 1.54) is 0 Å². The molecule has 0 spiro atoms. The van der Waals surface area contributed by atoms with Gasteiger partial charge in [0.1, 0.15) is 6.23 Å². The molecule has 0 aliphatic carbocycles. The fourth-order valence-corrected chi connectivity index (χ4v) is 1.71. The SMILES string of the molecule is CN1CC(CO)OC1c1ccncc1. The van der Waals surface area contributed by atoms with Crippen molar-refractivity contribution in [2.75, 3.05) is 20.2 Å². The molecule has 0 aromatic carbocycles. The Balaban J connectivity index is 2.13. The van der Waals surface area contributed by atoms with Crippen LogP contribution in [0.4, 0.5) is 0 Å². The Labute approximate surface area is 83.1 Å². The summed E-state index contributed by atoms with van der Waals surface area (Å²) >= 11 is 0. The predicted octanol–water partition coefficient (Wildman–Crippen LogP) is 0.403. The molecule has 1 aliphatic rings. The lowest BCUT2D eigenvalue weighted by atomic mass is 10.2. The number of aliphatic hydroxyl groups excluding tert-OH is 1. The molecule has 2 atom stereocenters. The van der Waals surface area contributed by atoms with Gasteiger partial charge in [-0.1, -0.05) is 0 Å². The Bertz CT molecular complexity index is 291. The summed E-state index contributed by atoms with van der Waals surface area (Å²) in [5.41, 5.74) is 1.08. The molecule has 2 unspecified atom stereocenters. The third kappa shape index (κ3) is 1.77. The fourth-order valence-electron chi connectivity index (χ4n) is 1.71. The van der Waals surface area contributed by atoms with E-state index in [1.807, 2.05) is 19.2 Å². The van der Waals surface area contributed by atoms with Gasteiger partial charge in [0.05, 0.1) is 12.7 Å². The van der Waals surface area contributed by atoms with Crippen LogP contribution in [0.25, 0.3) is 0 Å². The highest BCUT2D eigenvalue weighted by molar-refractivity contribution is 5.13. The summed E-state index contributed by atoms with van der Waals surface area (Å²) in [5.74, 6) is 0. The quantitative estimate of drug-likeness (QED) is 0.740. The molecule has 1 aliphatic heterocycles. The summed E-state index contributed by atoms with van der Waals surface area (Å²) in [5, 5.41) is 8.98. The van der Waals surface area contributed by atoms with E-state index in [4.69, 9.17) is 9.84 Å². The van der Waals surface area contributed by atoms with Gasteiger partial charge in [-0.3, -0.25) is 9.88 Å². The maximum Gasteiger partial charge on any atom is 0.137 e. The molecule has 4 nitrogen and oxygen atoms in total. The van der Waals surface area contributed by atoms with Gasteiger partial charge in [0.25, 0.3) is 0 Å². The number of aromatic nitrogens is 1. The highest BCUT2D eigenvalue weighted by Gasteiger charge is 2.30. The van der Waals surface area contributed by atoms with Crippen molar-refractivity contribution in [3.8, 4) is 0 Å². The summed E-state index contributed by atoms with van der Waals surface area (Å²) in [6.45, 7) is 0.843. The summed E-state index contributed by atoms with van der Waals surface area (Å²) in [4.78, 5) is 6.04. The number of hydrogen-bond acceptors (Lipinski definition) is 4. The van der Waals surface area contributed by atoms with Gasteiger partial charge in [-0.2, -0.15) is 0 Å². The number of likely N-dealkylation sites (N-methyl/N-ethyl adjacent to an activating group) is 1. The molecule has 1 aromatic rings. The van der Waals surface area contributed by atoms with Crippen LogP contribution in [0.1, 0.15) is 11.8 Å². The lowest BCUT2D eigenvalue weighted by Crippen LogP contribution is -2.20. The lowest BCUT2D eigenvalue weighted by Gasteiger charge is -2.17. The molecular weight excluding hydrogens is 180 g/mol. The van der Waals surface area contributed by atoms with Crippen LogP contribution in [0.5, 0.6) is 0 Å². The standard InChI is InChI=1S/C10H14N2O2/c1-12-6-9(7-13)14-10(12)8-2-4-11-5-3-8/h2-5,9-10,13H,6-7H2,1H3. The minimum absolute atomic E-state index is 0.0462. The monoisotopic (exact) mass is 194 g/mol. The van der Waals surface area contributed by atoms with Gasteiger partial charge < -0.3 is 9.84 Å². The normalized spacial score (nSPS) is 28.1. The van der Waals surface area contributed by atoms with Crippen molar-refractivity contribution < 1.29 is 9.84 Å². The minimum Gasteiger partial charge on any atom is -0.394 e. The number of aliphatic hydroxyl groups is 1. The molecule has 1 N–H and O–H groups in total. The Morgan fingerprint density at radius 2 is 2.29 bits per heavy atom. The van der Waals surface area contributed by atoms with Crippen molar-refractivity contribution in [1.29, 1.82) is 0 Å². The predicted molar refractivity (Wildman–Crippen MR) is 51.6 cm³/mol. The first kappa shape index (κ1) is 9.58. The third-order valence-corrected chi connectivity index (χ3v) is 2.41. The van der Waals surface area contributed by atoms with E-state index in [0.29, 0.717) is 0 Å². The molecule has 1 aromatic heterocycles. The van der Waals surface area contributed by atoms with Crippen LogP contribution in [0.3, 0.4) is 0 Å². The smallest absolute Gasteiger partial charge is 0.137 e. The van der Waals surface area contributed by atoms with Gasteiger partial charge in [-0.25, -0.2) is 0 Å². The highest BCUT2D eigenvalue weighted by Crippen LogP contribution is 2.27. The second kappa shape index (κ2) is 4.04. The number of ether oxygens (including phenoxy) is 1. The number of hydrogen-bond donors (Lipinski definition) is 1. The van der Waals surface area contributed by atoms with Crippen molar-refractivity contribution in [1.82, 2.24) is 9.88 Å². The maximum atomic E-state index is 8.98. The molecular formula is C10H14N2O2. The molecule has 76 valence electrons. The van der Waals surface area contributed by atoms with Gasteiger partial charge in [-0.05, 0) is 24.7 Å². The van der Waals surface area contributed by atoms with E-state index in [9.17, 15) is 0 Å². The van der Waals surface area contributed by atoms with Gasteiger partial charge in [0.2, 0.25) is 0 Å². The number of rotatable bonds is 2. The summed E-state index contributed by atoms with van der Waals surface area (Å²) < 4.78 is 5.66. The fraction of sp³-hybridized carbons (Fsp3) is 0.500. The van der Waals surface area contributed by atoms with E-state index in [-0.39, 0.29) is 18.9 Å². The summed E-state index contributed by atoms with van der Waals surface area (Å²) in [6, 6.07) is 3.86. The van der Waals surface area contributed by atoms with E-state index >= 15 is 0 Å². The Morgan fingerprint density at radius 3 is 2.86 bits per heavy atom. The Morgan fingerprint density at radius 1 is 1.57 bits per heavy atom. The van der Waals surface area contributed by atoms with Gasteiger partial charge in [0.15, 0.2) is 0 Å². The van der Waals surface area contributed by atoms with Crippen molar-refractivity contribution in [3.05, 3.63) is 30.1 Å².